The molecule has 1 nitrogen and oxygen atoms in total. The van der Waals surface area contributed by atoms with Crippen molar-refractivity contribution in [3.8, 4) is 0 Å². The van der Waals surface area contributed by atoms with Crippen LogP contribution >= 0.6 is 15.9 Å². The average Bonchev–Trinajstić information content (AvgIpc) is 2.42. The molecule has 0 amide bonds. The minimum atomic E-state index is 0.261. The van der Waals surface area contributed by atoms with Crippen LogP contribution in [0.15, 0.2) is 46.9 Å². The molecule has 1 N–H and O–H groups in total. The van der Waals surface area contributed by atoms with Gasteiger partial charge >= 0.3 is 0 Å². The molecule has 0 aliphatic carbocycles. The molecule has 2 aromatic rings. The fourth-order valence-corrected chi connectivity index (χ4v) is 2.65. The summed E-state index contributed by atoms with van der Waals surface area (Å²) in [6, 6.07) is 15.4. The van der Waals surface area contributed by atoms with E-state index >= 15 is 0 Å². The molecule has 0 aromatic heterocycles. The number of halogens is 1. The van der Waals surface area contributed by atoms with E-state index in [1.165, 1.54) is 26.7 Å². The summed E-state index contributed by atoms with van der Waals surface area (Å²) in [5.74, 6) is 0. The Morgan fingerprint density at radius 3 is 2.11 bits per heavy atom. The Kier molecular flexibility index (Phi) is 4.78. The average molecular weight is 318 g/mol. The van der Waals surface area contributed by atoms with Crippen LogP contribution in [0.3, 0.4) is 0 Å². The van der Waals surface area contributed by atoms with Crippen molar-refractivity contribution >= 4 is 15.9 Å². The van der Waals surface area contributed by atoms with Gasteiger partial charge in [-0.1, -0.05) is 65.3 Å². The van der Waals surface area contributed by atoms with E-state index in [1.807, 2.05) is 0 Å². The monoisotopic (exact) mass is 317 g/mol. The van der Waals surface area contributed by atoms with Crippen molar-refractivity contribution in [3.63, 3.8) is 0 Å². The number of hydrogen-bond acceptors (Lipinski definition) is 1. The van der Waals surface area contributed by atoms with E-state index in [1.54, 1.807) is 0 Å². The van der Waals surface area contributed by atoms with Crippen LogP contribution < -0.4 is 5.32 Å². The van der Waals surface area contributed by atoms with Crippen molar-refractivity contribution in [2.24, 2.45) is 0 Å². The molecule has 0 aliphatic heterocycles. The molecular formula is C17H20BrN. The molecule has 2 heteroatoms. The van der Waals surface area contributed by atoms with E-state index in [4.69, 9.17) is 0 Å². The van der Waals surface area contributed by atoms with Gasteiger partial charge in [-0.3, -0.25) is 0 Å². The molecule has 1 unspecified atom stereocenters. The van der Waals surface area contributed by atoms with Gasteiger partial charge in [0.05, 0.1) is 6.04 Å². The summed E-state index contributed by atoms with van der Waals surface area (Å²) < 4.78 is 1.21. The lowest BCUT2D eigenvalue weighted by Crippen LogP contribution is -2.22. The van der Waals surface area contributed by atoms with Gasteiger partial charge in [0.15, 0.2) is 0 Å². The maximum atomic E-state index is 3.64. The van der Waals surface area contributed by atoms with Gasteiger partial charge < -0.3 is 5.32 Å². The number of benzene rings is 2. The molecule has 0 spiro atoms. The molecule has 2 rings (SSSR count). The Bertz CT molecular complexity index is 525. The van der Waals surface area contributed by atoms with Crippen LogP contribution in [0, 0.1) is 13.8 Å². The molecule has 1 atom stereocenters. The fraction of sp³-hybridized carbons (Fsp3) is 0.294. The summed E-state index contributed by atoms with van der Waals surface area (Å²) in [5, 5.41) is 3.57. The van der Waals surface area contributed by atoms with Crippen LogP contribution in [-0.4, -0.2) is 6.54 Å². The molecule has 2 aromatic carbocycles. The molecular weight excluding hydrogens is 298 g/mol. The molecule has 0 aliphatic rings. The van der Waals surface area contributed by atoms with Crippen molar-refractivity contribution < 1.29 is 0 Å². The first-order valence-electron chi connectivity index (χ1n) is 6.68. The highest BCUT2D eigenvalue weighted by Crippen LogP contribution is 2.28. The van der Waals surface area contributed by atoms with Crippen molar-refractivity contribution in [2.45, 2.75) is 26.8 Å². The van der Waals surface area contributed by atoms with Gasteiger partial charge in [-0.15, -0.1) is 0 Å². The van der Waals surface area contributed by atoms with E-state index in [-0.39, 0.29) is 6.04 Å². The summed E-state index contributed by atoms with van der Waals surface area (Å²) >= 11 is 3.64. The molecule has 0 saturated carbocycles. The summed E-state index contributed by atoms with van der Waals surface area (Å²) in [7, 11) is 0. The topological polar surface area (TPSA) is 12.0 Å². The molecule has 0 heterocycles. The number of aryl methyl sites for hydroxylation is 2. The number of nitrogens with one attached hydrogen (secondary N) is 1. The predicted octanol–water partition coefficient (Wildman–Crippen LogP) is 4.76. The highest BCUT2D eigenvalue weighted by molar-refractivity contribution is 9.10. The van der Waals surface area contributed by atoms with Gasteiger partial charge in [0.2, 0.25) is 0 Å². The maximum absolute atomic E-state index is 3.64. The third-order valence-corrected chi connectivity index (χ3v) is 4.58. The van der Waals surface area contributed by atoms with Crippen LogP contribution in [0.4, 0.5) is 0 Å². The second kappa shape index (κ2) is 6.36. The first kappa shape index (κ1) is 14.3. The zero-order valence-electron chi connectivity index (χ0n) is 11.7. The standard InChI is InChI=1S/C17H20BrN/c1-4-19-17(14-8-6-5-7-9-14)15-10-12(2)16(18)13(3)11-15/h5-11,17,19H,4H2,1-3H3. The summed E-state index contributed by atoms with van der Waals surface area (Å²) in [5.41, 5.74) is 5.21. The lowest BCUT2D eigenvalue weighted by atomic mass is 9.95. The summed E-state index contributed by atoms with van der Waals surface area (Å²) in [4.78, 5) is 0. The first-order valence-corrected chi connectivity index (χ1v) is 7.47. The predicted molar refractivity (Wildman–Crippen MR) is 85.6 cm³/mol. The molecule has 0 radical (unpaired) electrons. The SMILES string of the molecule is CCNC(c1ccccc1)c1cc(C)c(Br)c(C)c1. The van der Waals surface area contributed by atoms with Crippen LogP contribution in [-0.2, 0) is 0 Å². The van der Waals surface area contributed by atoms with Crippen molar-refractivity contribution in [2.75, 3.05) is 6.54 Å². The van der Waals surface area contributed by atoms with E-state index < -0.39 is 0 Å². The fourth-order valence-electron chi connectivity index (χ4n) is 2.42. The highest BCUT2D eigenvalue weighted by atomic mass is 79.9. The lowest BCUT2D eigenvalue weighted by Gasteiger charge is -2.20. The van der Waals surface area contributed by atoms with Gasteiger partial charge in [0.25, 0.3) is 0 Å². The summed E-state index contributed by atoms with van der Waals surface area (Å²) in [6.45, 7) is 7.39. The number of hydrogen-bond donors (Lipinski definition) is 1. The zero-order chi connectivity index (χ0) is 13.8. The van der Waals surface area contributed by atoms with Crippen LogP contribution in [0.2, 0.25) is 0 Å². The van der Waals surface area contributed by atoms with Crippen LogP contribution in [0.1, 0.15) is 35.2 Å². The van der Waals surface area contributed by atoms with E-state index in [2.05, 4.69) is 84.5 Å². The Hall–Kier alpha value is -1.12. The third-order valence-electron chi connectivity index (χ3n) is 3.33. The molecule has 0 fully saturated rings. The highest BCUT2D eigenvalue weighted by Gasteiger charge is 2.14. The van der Waals surface area contributed by atoms with Gasteiger partial charge in [-0.2, -0.15) is 0 Å². The van der Waals surface area contributed by atoms with Crippen molar-refractivity contribution in [3.05, 3.63) is 69.2 Å². The largest absolute Gasteiger partial charge is 0.307 e. The second-order valence-corrected chi connectivity index (χ2v) is 5.66. The van der Waals surface area contributed by atoms with Crippen LogP contribution in [0.25, 0.3) is 0 Å². The quantitative estimate of drug-likeness (QED) is 0.856. The van der Waals surface area contributed by atoms with Crippen LogP contribution in [0.5, 0.6) is 0 Å². The molecule has 19 heavy (non-hydrogen) atoms. The number of rotatable bonds is 4. The Balaban J connectivity index is 2.45. The third kappa shape index (κ3) is 3.26. The maximum Gasteiger partial charge on any atom is 0.0576 e. The Labute approximate surface area is 124 Å². The smallest absolute Gasteiger partial charge is 0.0576 e. The Morgan fingerprint density at radius 1 is 1.00 bits per heavy atom. The normalized spacial score (nSPS) is 12.4. The van der Waals surface area contributed by atoms with E-state index in [9.17, 15) is 0 Å². The molecule has 0 saturated heterocycles. The van der Waals surface area contributed by atoms with Gasteiger partial charge in [0, 0.05) is 4.47 Å². The lowest BCUT2D eigenvalue weighted by molar-refractivity contribution is 0.630. The van der Waals surface area contributed by atoms with Crippen molar-refractivity contribution in [1.82, 2.24) is 5.32 Å². The van der Waals surface area contributed by atoms with Gasteiger partial charge in [0.1, 0.15) is 0 Å². The Morgan fingerprint density at radius 2 is 1.58 bits per heavy atom. The van der Waals surface area contributed by atoms with Gasteiger partial charge in [-0.25, -0.2) is 0 Å². The van der Waals surface area contributed by atoms with Gasteiger partial charge in [-0.05, 0) is 42.6 Å². The second-order valence-electron chi connectivity index (χ2n) is 4.87. The molecule has 0 bridgehead atoms. The van der Waals surface area contributed by atoms with Crippen molar-refractivity contribution in [1.29, 1.82) is 0 Å². The van der Waals surface area contributed by atoms with E-state index in [0.717, 1.165) is 6.54 Å². The van der Waals surface area contributed by atoms with E-state index in [0.29, 0.717) is 0 Å². The zero-order valence-corrected chi connectivity index (χ0v) is 13.3. The molecule has 100 valence electrons. The minimum Gasteiger partial charge on any atom is -0.307 e. The minimum absolute atomic E-state index is 0.261. The first-order chi connectivity index (χ1) is 9.13. The summed E-state index contributed by atoms with van der Waals surface area (Å²) in [6.07, 6.45) is 0.